The molecule has 0 saturated heterocycles. The zero-order valence-corrected chi connectivity index (χ0v) is 19.6. The molecule has 3 aromatic rings. The van der Waals surface area contributed by atoms with Crippen molar-refractivity contribution in [3.63, 3.8) is 0 Å². The number of nitrogens with zero attached hydrogens (tertiary/aromatic N) is 2. The molecule has 33 heavy (non-hydrogen) atoms. The van der Waals surface area contributed by atoms with Gasteiger partial charge in [-0.2, -0.15) is 0 Å². The number of pyridine rings is 1. The molecule has 0 radical (unpaired) electrons. The van der Waals surface area contributed by atoms with Crippen LogP contribution in [0.5, 0.6) is 11.5 Å². The molecule has 0 saturated carbocycles. The number of rotatable bonds is 9. The average Bonchev–Trinajstić information content (AvgIpc) is 3.07. The number of hydrogen-bond acceptors (Lipinski definition) is 5. The minimum Gasteiger partial charge on any atom is -0.494 e. The van der Waals surface area contributed by atoms with E-state index in [0.717, 1.165) is 24.5 Å². The van der Waals surface area contributed by atoms with Crippen LogP contribution in [0.2, 0.25) is 0 Å². The lowest BCUT2D eigenvalue weighted by molar-refractivity contribution is 0.0937. The fraction of sp³-hybridized carbons (Fsp3) is 0.417. The summed E-state index contributed by atoms with van der Waals surface area (Å²) in [5, 5.41) is 2.89. The lowest BCUT2D eigenvalue weighted by Crippen LogP contribution is -2.47. The number of amides is 1. The number of halogens is 2. The molecule has 2 aromatic heterocycles. The molecule has 1 unspecified atom stereocenters. The first-order valence-corrected chi connectivity index (χ1v) is 10.8. The number of nitrogens with one attached hydrogen (secondary N) is 1. The van der Waals surface area contributed by atoms with E-state index in [4.69, 9.17) is 15.2 Å². The van der Waals surface area contributed by atoms with E-state index in [2.05, 4.69) is 10.3 Å². The SMILES string of the molecule is CCCC(C)(N)CNC(=O)c1c(C)nc2c(OCc3c(F)ccc(OC)c3F)cc(C)cn12. The maximum Gasteiger partial charge on any atom is 0.270 e. The van der Waals surface area contributed by atoms with Crippen LogP contribution in [0.3, 0.4) is 0 Å². The zero-order chi connectivity index (χ0) is 24.3. The van der Waals surface area contributed by atoms with Gasteiger partial charge in [0.15, 0.2) is 23.0 Å². The van der Waals surface area contributed by atoms with Gasteiger partial charge in [-0.3, -0.25) is 9.20 Å². The second-order valence-corrected chi connectivity index (χ2v) is 8.54. The van der Waals surface area contributed by atoms with Crippen LogP contribution in [0.15, 0.2) is 24.4 Å². The van der Waals surface area contributed by atoms with Crippen LogP contribution >= 0.6 is 0 Å². The number of methoxy groups -OCH3 is 1. The Morgan fingerprint density at radius 2 is 2.00 bits per heavy atom. The van der Waals surface area contributed by atoms with Crippen LogP contribution in [-0.2, 0) is 6.61 Å². The number of imidazole rings is 1. The monoisotopic (exact) mass is 460 g/mol. The predicted molar refractivity (Wildman–Crippen MR) is 122 cm³/mol. The minimum atomic E-state index is -0.822. The Kier molecular flexibility index (Phi) is 7.22. The van der Waals surface area contributed by atoms with E-state index in [9.17, 15) is 13.6 Å². The fourth-order valence-electron chi connectivity index (χ4n) is 3.78. The second-order valence-electron chi connectivity index (χ2n) is 8.54. The molecule has 3 rings (SSSR count). The highest BCUT2D eigenvalue weighted by Gasteiger charge is 2.23. The van der Waals surface area contributed by atoms with Gasteiger partial charge < -0.3 is 20.5 Å². The van der Waals surface area contributed by atoms with E-state index >= 15 is 0 Å². The van der Waals surface area contributed by atoms with Crippen molar-refractivity contribution in [1.82, 2.24) is 14.7 Å². The summed E-state index contributed by atoms with van der Waals surface area (Å²) >= 11 is 0. The molecule has 0 aliphatic carbocycles. The highest BCUT2D eigenvalue weighted by Crippen LogP contribution is 2.28. The molecule has 3 N–H and O–H groups in total. The molecule has 1 aromatic carbocycles. The van der Waals surface area contributed by atoms with E-state index in [1.807, 2.05) is 20.8 Å². The van der Waals surface area contributed by atoms with Gasteiger partial charge in [0, 0.05) is 18.3 Å². The van der Waals surface area contributed by atoms with Gasteiger partial charge in [0.2, 0.25) is 0 Å². The molecular formula is C24H30F2N4O3. The number of carbonyl (C=O) groups excluding carboxylic acids is 1. The van der Waals surface area contributed by atoms with Gasteiger partial charge in [-0.15, -0.1) is 0 Å². The summed E-state index contributed by atoms with van der Waals surface area (Å²) in [6.45, 7) is 7.42. The van der Waals surface area contributed by atoms with Crippen LogP contribution in [0.1, 0.15) is 54.0 Å². The summed E-state index contributed by atoms with van der Waals surface area (Å²) in [6, 6.07) is 4.05. The Bertz CT molecular complexity index is 1170. The highest BCUT2D eigenvalue weighted by atomic mass is 19.1. The predicted octanol–water partition coefficient (Wildman–Crippen LogP) is 4.06. The minimum absolute atomic E-state index is 0.0741. The Balaban J connectivity index is 1.91. The number of ether oxygens (including phenoxy) is 2. The molecule has 2 heterocycles. The summed E-state index contributed by atoms with van der Waals surface area (Å²) < 4.78 is 41.0. The van der Waals surface area contributed by atoms with E-state index in [0.29, 0.717) is 29.3 Å². The number of hydrogen-bond donors (Lipinski definition) is 2. The summed E-state index contributed by atoms with van der Waals surface area (Å²) in [7, 11) is 1.31. The molecule has 1 atom stereocenters. The van der Waals surface area contributed by atoms with Gasteiger partial charge in [0.05, 0.1) is 18.4 Å². The summed E-state index contributed by atoms with van der Waals surface area (Å²) in [4.78, 5) is 17.5. The van der Waals surface area contributed by atoms with Crippen LogP contribution < -0.4 is 20.5 Å². The Morgan fingerprint density at radius 1 is 1.27 bits per heavy atom. The van der Waals surface area contributed by atoms with Gasteiger partial charge in [-0.05, 0) is 51.0 Å². The van der Waals surface area contributed by atoms with Crippen molar-refractivity contribution < 1.29 is 23.0 Å². The quantitative estimate of drug-likeness (QED) is 0.503. The number of aromatic nitrogens is 2. The Hall–Kier alpha value is -3.20. The van der Waals surface area contributed by atoms with Gasteiger partial charge >= 0.3 is 0 Å². The second kappa shape index (κ2) is 9.74. The molecule has 0 aliphatic heterocycles. The van der Waals surface area contributed by atoms with Crippen molar-refractivity contribution in [1.29, 1.82) is 0 Å². The number of carbonyl (C=O) groups is 1. The zero-order valence-electron chi connectivity index (χ0n) is 19.6. The van der Waals surface area contributed by atoms with E-state index in [1.165, 1.54) is 13.2 Å². The smallest absolute Gasteiger partial charge is 0.270 e. The molecule has 0 spiro atoms. The van der Waals surface area contributed by atoms with Crippen LogP contribution in [0, 0.1) is 25.5 Å². The first-order valence-electron chi connectivity index (χ1n) is 10.8. The number of fused-ring (bicyclic) bond motifs is 1. The molecule has 9 heteroatoms. The normalized spacial score (nSPS) is 13.1. The number of nitrogens with two attached hydrogens (primary N) is 1. The van der Waals surface area contributed by atoms with Gasteiger partial charge in [-0.25, -0.2) is 13.8 Å². The van der Waals surface area contributed by atoms with Crippen molar-refractivity contribution >= 4 is 11.6 Å². The molecule has 1 amide bonds. The van der Waals surface area contributed by atoms with Crippen molar-refractivity contribution in [3.8, 4) is 11.5 Å². The Morgan fingerprint density at radius 3 is 2.67 bits per heavy atom. The first-order chi connectivity index (χ1) is 15.6. The summed E-state index contributed by atoms with van der Waals surface area (Å²) in [5.74, 6) is -1.65. The van der Waals surface area contributed by atoms with E-state index < -0.39 is 17.2 Å². The van der Waals surface area contributed by atoms with Crippen molar-refractivity contribution in [3.05, 3.63) is 58.5 Å². The largest absolute Gasteiger partial charge is 0.494 e. The third-order valence-electron chi connectivity index (χ3n) is 5.43. The summed E-state index contributed by atoms with van der Waals surface area (Å²) in [6.07, 6.45) is 3.44. The molecule has 7 nitrogen and oxygen atoms in total. The third kappa shape index (κ3) is 5.24. The van der Waals surface area contributed by atoms with Crippen LogP contribution in [-0.4, -0.2) is 34.5 Å². The first kappa shape index (κ1) is 24.4. The summed E-state index contributed by atoms with van der Waals surface area (Å²) in [5.41, 5.74) is 7.47. The molecule has 0 bridgehead atoms. The van der Waals surface area contributed by atoms with E-state index in [-0.39, 0.29) is 23.8 Å². The molecular weight excluding hydrogens is 430 g/mol. The maximum absolute atomic E-state index is 14.5. The molecule has 0 fully saturated rings. The highest BCUT2D eigenvalue weighted by molar-refractivity contribution is 5.95. The van der Waals surface area contributed by atoms with Gasteiger partial charge in [-0.1, -0.05) is 13.3 Å². The van der Waals surface area contributed by atoms with E-state index in [1.54, 1.807) is 23.6 Å². The van der Waals surface area contributed by atoms with Crippen molar-refractivity contribution in [2.75, 3.05) is 13.7 Å². The van der Waals surface area contributed by atoms with Gasteiger partial charge in [0.25, 0.3) is 5.91 Å². The van der Waals surface area contributed by atoms with Gasteiger partial charge in [0.1, 0.15) is 18.1 Å². The third-order valence-corrected chi connectivity index (χ3v) is 5.43. The van der Waals surface area contributed by atoms with Crippen LogP contribution in [0.4, 0.5) is 8.78 Å². The average molecular weight is 461 g/mol. The number of aryl methyl sites for hydroxylation is 2. The van der Waals surface area contributed by atoms with Crippen molar-refractivity contribution in [2.24, 2.45) is 5.73 Å². The van der Waals surface area contributed by atoms with Crippen molar-refractivity contribution in [2.45, 2.75) is 52.7 Å². The fourth-order valence-corrected chi connectivity index (χ4v) is 3.78. The maximum atomic E-state index is 14.5. The topological polar surface area (TPSA) is 90.9 Å². The Labute approximate surface area is 191 Å². The lowest BCUT2D eigenvalue weighted by Gasteiger charge is -2.24. The molecule has 178 valence electrons. The molecule has 0 aliphatic rings. The number of benzene rings is 1. The van der Waals surface area contributed by atoms with Crippen LogP contribution in [0.25, 0.3) is 5.65 Å². The lowest BCUT2D eigenvalue weighted by atomic mass is 9.98. The standard InChI is InChI=1S/C24H30F2N4O3/c1-6-9-24(4,27)13-28-23(31)21-15(3)29-22-19(10-14(2)11-30(21)22)33-12-16-17(25)7-8-18(32-5)20(16)26/h7-8,10-11H,6,9,12-13,27H2,1-5H3,(H,28,31).